The highest BCUT2D eigenvalue weighted by molar-refractivity contribution is 5.82. The van der Waals surface area contributed by atoms with Crippen LogP contribution in [0.2, 0.25) is 0 Å². The fraction of sp³-hybridized carbons (Fsp3) is 0.818. The topological polar surface area (TPSA) is 49.9 Å². The fourth-order valence-corrected chi connectivity index (χ4v) is 1.96. The number of methoxy groups -OCH3 is 1. The minimum Gasteiger partial charge on any atom is -0.468 e. The maximum atomic E-state index is 11.8. The molecular formula is C11H20N2O3. The van der Waals surface area contributed by atoms with Gasteiger partial charge in [0.1, 0.15) is 6.54 Å². The summed E-state index contributed by atoms with van der Waals surface area (Å²) in [6.45, 7) is 4.92. The summed E-state index contributed by atoms with van der Waals surface area (Å²) in [5.74, 6) is 0.172. The van der Waals surface area contributed by atoms with Crippen LogP contribution >= 0.6 is 0 Å². The highest BCUT2D eigenvalue weighted by Gasteiger charge is 2.35. The number of amides is 2. The minimum atomic E-state index is -0.369. The van der Waals surface area contributed by atoms with Crippen LogP contribution in [0.25, 0.3) is 0 Å². The summed E-state index contributed by atoms with van der Waals surface area (Å²) in [6, 6.07) is 0.119. The number of nitrogens with zero attached hydrogens (tertiary/aromatic N) is 2. The number of ether oxygens (including phenoxy) is 1. The van der Waals surface area contributed by atoms with Crippen LogP contribution in [0.3, 0.4) is 0 Å². The van der Waals surface area contributed by atoms with Gasteiger partial charge in [-0.3, -0.25) is 4.79 Å². The van der Waals surface area contributed by atoms with Crippen LogP contribution in [-0.4, -0.2) is 55.1 Å². The molecule has 1 aliphatic rings. The van der Waals surface area contributed by atoms with Crippen molar-refractivity contribution in [1.29, 1.82) is 0 Å². The smallest absolute Gasteiger partial charge is 0.325 e. The molecule has 1 aliphatic heterocycles. The zero-order valence-corrected chi connectivity index (χ0v) is 10.4. The summed E-state index contributed by atoms with van der Waals surface area (Å²) in [7, 11) is 3.12. The van der Waals surface area contributed by atoms with Gasteiger partial charge in [0.25, 0.3) is 0 Å². The van der Waals surface area contributed by atoms with Crippen molar-refractivity contribution in [2.75, 3.05) is 27.2 Å². The van der Waals surface area contributed by atoms with E-state index in [2.05, 4.69) is 18.6 Å². The van der Waals surface area contributed by atoms with Crippen LogP contribution in [0, 0.1) is 5.92 Å². The van der Waals surface area contributed by atoms with Crippen molar-refractivity contribution in [2.45, 2.75) is 26.3 Å². The van der Waals surface area contributed by atoms with Crippen molar-refractivity contribution in [3.8, 4) is 0 Å². The molecule has 92 valence electrons. The van der Waals surface area contributed by atoms with Gasteiger partial charge in [-0.05, 0) is 12.3 Å². The van der Waals surface area contributed by atoms with Crippen LogP contribution in [-0.2, 0) is 9.53 Å². The third-order valence-electron chi connectivity index (χ3n) is 2.84. The van der Waals surface area contributed by atoms with Crippen LogP contribution in [0.1, 0.15) is 20.3 Å². The van der Waals surface area contributed by atoms with Gasteiger partial charge >= 0.3 is 12.0 Å². The molecule has 5 nitrogen and oxygen atoms in total. The van der Waals surface area contributed by atoms with E-state index in [1.807, 2.05) is 0 Å². The highest BCUT2D eigenvalue weighted by atomic mass is 16.5. The van der Waals surface area contributed by atoms with E-state index in [1.54, 1.807) is 16.8 Å². The molecule has 2 amide bonds. The Balaban J connectivity index is 2.57. The molecule has 16 heavy (non-hydrogen) atoms. The SMILES string of the molecule is COC(=O)CN1CC(CC(C)C)N(C)C1=O. The number of carbonyl (C=O) groups excluding carboxylic acids is 2. The monoisotopic (exact) mass is 228 g/mol. The number of esters is 1. The molecule has 1 fully saturated rings. The molecule has 1 rings (SSSR count). The quantitative estimate of drug-likeness (QED) is 0.673. The molecule has 1 unspecified atom stereocenters. The summed E-state index contributed by atoms with van der Waals surface area (Å²) in [6.07, 6.45) is 0.958. The molecule has 0 N–H and O–H groups in total. The van der Waals surface area contributed by atoms with Gasteiger partial charge in [-0.25, -0.2) is 4.79 Å². The Labute approximate surface area is 96.3 Å². The molecule has 0 saturated carbocycles. The normalized spacial score (nSPS) is 20.8. The largest absolute Gasteiger partial charge is 0.468 e. The second-order valence-corrected chi connectivity index (χ2v) is 4.63. The van der Waals surface area contributed by atoms with Gasteiger partial charge < -0.3 is 14.5 Å². The predicted octanol–water partition coefficient (Wildman–Crippen LogP) is 0.941. The third-order valence-corrected chi connectivity index (χ3v) is 2.84. The van der Waals surface area contributed by atoms with Crippen molar-refractivity contribution >= 4 is 12.0 Å². The Hall–Kier alpha value is -1.26. The van der Waals surface area contributed by atoms with Crippen LogP contribution < -0.4 is 0 Å². The molecule has 5 heteroatoms. The van der Waals surface area contributed by atoms with E-state index in [4.69, 9.17) is 0 Å². The van der Waals surface area contributed by atoms with E-state index < -0.39 is 0 Å². The van der Waals surface area contributed by atoms with Crippen molar-refractivity contribution < 1.29 is 14.3 Å². The van der Waals surface area contributed by atoms with Gasteiger partial charge in [0.2, 0.25) is 0 Å². The maximum Gasteiger partial charge on any atom is 0.325 e. The average molecular weight is 228 g/mol. The first kappa shape index (κ1) is 12.8. The molecule has 0 aromatic carbocycles. The predicted molar refractivity (Wildman–Crippen MR) is 60.0 cm³/mol. The summed E-state index contributed by atoms with van der Waals surface area (Å²) < 4.78 is 4.56. The molecule has 1 saturated heterocycles. The standard InChI is InChI=1S/C11H20N2O3/c1-8(2)5-9-6-13(7-10(14)16-4)11(15)12(9)3/h8-9H,5-7H2,1-4H3. The van der Waals surface area contributed by atoms with Crippen LogP contribution in [0.4, 0.5) is 4.79 Å². The fourth-order valence-electron chi connectivity index (χ4n) is 1.96. The first-order valence-electron chi connectivity index (χ1n) is 5.54. The van der Waals surface area contributed by atoms with Crippen molar-refractivity contribution in [2.24, 2.45) is 5.92 Å². The first-order valence-corrected chi connectivity index (χ1v) is 5.54. The third kappa shape index (κ3) is 2.87. The number of urea groups is 1. The highest BCUT2D eigenvalue weighted by Crippen LogP contribution is 2.19. The van der Waals surface area contributed by atoms with Crippen molar-refractivity contribution in [1.82, 2.24) is 9.80 Å². The maximum absolute atomic E-state index is 11.8. The van der Waals surface area contributed by atoms with E-state index in [9.17, 15) is 9.59 Å². The van der Waals surface area contributed by atoms with Gasteiger partial charge in [0.15, 0.2) is 0 Å². The number of rotatable bonds is 4. The minimum absolute atomic E-state index is 0.0499. The average Bonchev–Trinajstić information content (AvgIpc) is 2.46. The Bertz CT molecular complexity index is 278. The molecule has 1 heterocycles. The molecule has 1 atom stereocenters. The second-order valence-electron chi connectivity index (χ2n) is 4.63. The molecular weight excluding hydrogens is 208 g/mol. The lowest BCUT2D eigenvalue weighted by Crippen LogP contribution is -2.34. The summed E-state index contributed by atoms with van der Waals surface area (Å²) >= 11 is 0. The molecule has 0 aromatic heterocycles. The van der Waals surface area contributed by atoms with Gasteiger partial charge in [-0.2, -0.15) is 0 Å². The first-order chi connectivity index (χ1) is 7.45. The molecule has 0 radical (unpaired) electrons. The van der Waals surface area contributed by atoms with E-state index in [1.165, 1.54) is 7.11 Å². The van der Waals surface area contributed by atoms with E-state index >= 15 is 0 Å². The van der Waals surface area contributed by atoms with E-state index in [-0.39, 0.29) is 24.6 Å². The van der Waals surface area contributed by atoms with Crippen molar-refractivity contribution in [3.05, 3.63) is 0 Å². The zero-order valence-electron chi connectivity index (χ0n) is 10.4. The van der Waals surface area contributed by atoms with Gasteiger partial charge in [-0.1, -0.05) is 13.8 Å². The number of carbonyl (C=O) groups is 2. The van der Waals surface area contributed by atoms with Gasteiger partial charge in [-0.15, -0.1) is 0 Å². The lowest BCUT2D eigenvalue weighted by atomic mass is 10.0. The summed E-state index contributed by atoms with van der Waals surface area (Å²) in [5, 5.41) is 0. The number of likely N-dealkylation sites (N-methyl/N-ethyl adjacent to an activating group) is 1. The Morgan fingerprint density at radius 3 is 2.69 bits per heavy atom. The molecule has 0 aliphatic carbocycles. The molecule has 0 spiro atoms. The van der Waals surface area contributed by atoms with Gasteiger partial charge in [0.05, 0.1) is 13.2 Å². The van der Waals surface area contributed by atoms with Crippen LogP contribution in [0.5, 0.6) is 0 Å². The van der Waals surface area contributed by atoms with E-state index in [0.717, 1.165) is 6.42 Å². The lowest BCUT2D eigenvalue weighted by Gasteiger charge is -2.19. The Morgan fingerprint density at radius 2 is 2.19 bits per heavy atom. The van der Waals surface area contributed by atoms with Gasteiger partial charge in [0, 0.05) is 13.6 Å². The van der Waals surface area contributed by atoms with Crippen molar-refractivity contribution in [3.63, 3.8) is 0 Å². The number of hydrogen-bond acceptors (Lipinski definition) is 3. The molecule has 0 aromatic rings. The lowest BCUT2D eigenvalue weighted by molar-refractivity contribution is -0.141. The molecule has 0 bridgehead atoms. The van der Waals surface area contributed by atoms with E-state index in [0.29, 0.717) is 12.5 Å². The Morgan fingerprint density at radius 1 is 1.56 bits per heavy atom. The second kappa shape index (κ2) is 5.18. The zero-order chi connectivity index (χ0) is 12.3. The summed E-state index contributed by atoms with van der Waals surface area (Å²) in [5.41, 5.74) is 0. The number of hydrogen-bond donors (Lipinski definition) is 0. The Kier molecular flexibility index (Phi) is 4.15. The summed E-state index contributed by atoms with van der Waals surface area (Å²) in [4.78, 5) is 26.2. The van der Waals surface area contributed by atoms with Crippen LogP contribution in [0.15, 0.2) is 0 Å².